The van der Waals surface area contributed by atoms with E-state index in [1.54, 1.807) is 0 Å². The van der Waals surface area contributed by atoms with E-state index in [2.05, 4.69) is 0 Å². The van der Waals surface area contributed by atoms with E-state index in [0.29, 0.717) is 0 Å². The summed E-state index contributed by atoms with van der Waals surface area (Å²) in [6.07, 6.45) is 1.15. The number of carbonyl (C=O) groups is 2. The predicted molar refractivity (Wildman–Crippen MR) is 80.3 cm³/mol. The van der Waals surface area contributed by atoms with Gasteiger partial charge < -0.3 is 23.8 Å². The minimum absolute atomic E-state index is 0.0780. The van der Waals surface area contributed by atoms with Gasteiger partial charge in [0, 0.05) is 6.07 Å². The van der Waals surface area contributed by atoms with E-state index in [0.717, 1.165) is 6.26 Å². The van der Waals surface area contributed by atoms with Crippen LogP contribution in [0.3, 0.4) is 0 Å². The molecular formula is C16H10O8. The Balaban J connectivity index is 2.01. The molecule has 0 amide bonds. The van der Waals surface area contributed by atoms with Crippen LogP contribution in [0.2, 0.25) is 0 Å². The van der Waals surface area contributed by atoms with Gasteiger partial charge in [0.2, 0.25) is 11.2 Å². The van der Waals surface area contributed by atoms with Crippen LogP contribution in [-0.2, 0) is 4.79 Å². The first-order valence-electron chi connectivity index (χ1n) is 6.69. The lowest BCUT2D eigenvalue weighted by Crippen LogP contribution is -2.09. The third-order valence-corrected chi connectivity index (χ3v) is 3.19. The second kappa shape index (κ2) is 5.92. The number of furan rings is 1. The lowest BCUT2D eigenvalue weighted by atomic mass is 10.1. The quantitative estimate of drug-likeness (QED) is 0.729. The van der Waals surface area contributed by atoms with E-state index < -0.39 is 24.0 Å². The molecule has 0 spiro atoms. The molecule has 24 heavy (non-hydrogen) atoms. The van der Waals surface area contributed by atoms with Gasteiger partial charge in [-0.05, 0) is 24.3 Å². The number of benzene rings is 1. The second-order valence-corrected chi connectivity index (χ2v) is 4.79. The van der Waals surface area contributed by atoms with Crippen LogP contribution in [0.4, 0.5) is 0 Å². The fourth-order valence-corrected chi connectivity index (χ4v) is 2.11. The van der Waals surface area contributed by atoms with Gasteiger partial charge in [0.25, 0.3) is 0 Å². The molecule has 3 rings (SSSR count). The van der Waals surface area contributed by atoms with Crippen molar-refractivity contribution in [2.45, 2.75) is 0 Å². The Kier molecular flexibility index (Phi) is 3.78. The van der Waals surface area contributed by atoms with Crippen LogP contribution in [0.5, 0.6) is 5.75 Å². The van der Waals surface area contributed by atoms with E-state index in [1.807, 2.05) is 0 Å². The molecule has 8 heteroatoms. The Morgan fingerprint density at radius 1 is 1.12 bits per heavy atom. The van der Waals surface area contributed by atoms with Crippen LogP contribution in [0.25, 0.3) is 22.3 Å². The summed E-state index contributed by atoms with van der Waals surface area (Å²) >= 11 is 0. The molecule has 0 fully saturated rings. The maximum atomic E-state index is 12.5. The van der Waals surface area contributed by atoms with Crippen molar-refractivity contribution >= 4 is 22.9 Å². The standard InChI is InChI=1S/C16H10O8/c17-14(18)7-22-8-1-2-9-13(5-8)23-6-10(15(9)19)11-3-4-12(24-11)16(20)21/h1-6H,7H2,(H,17,18)(H,20,21). The molecular weight excluding hydrogens is 320 g/mol. The lowest BCUT2D eigenvalue weighted by Gasteiger charge is -2.04. The molecule has 0 bridgehead atoms. The van der Waals surface area contributed by atoms with Gasteiger partial charge in [0.1, 0.15) is 28.9 Å². The number of rotatable bonds is 5. The number of aliphatic carboxylic acids is 1. The fraction of sp³-hybridized carbons (Fsp3) is 0.0625. The molecule has 0 aliphatic heterocycles. The number of ether oxygens (including phenoxy) is 1. The summed E-state index contributed by atoms with van der Waals surface area (Å²) in [7, 11) is 0. The van der Waals surface area contributed by atoms with Gasteiger partial charge in [-0.15, -0.1) is 0 Å². The predicted octanol–water partition coefficient (Wildman–Crippen LogP) is 2.21. The summed E-state index contributed by atoms with van der Waals surface area (Å²) in [4.78, 5) is 33.8. The van der Waals surface area contributed by atoms with Crippen molar-refractivity contribution in [3.63, 3.8) is 0 Å². The van der Waals surface area contributed by atoms with Crippen LogP contribution < -0.4 is 10.2 Å². The molecule has 0 saturated heterocycles. The van der Waals surface area contributed by atoms with Crippen molar-refractivity contribution in [1.29, 1.82) is 0 Å². The zero-order chi connectivity index (χ0) is 17.3. The maximum absolute atomic E-state index is 12.5. The highest BCUT2D eigenvalue weighted by Gasteiger charge is 2.15. The van der Waals surface area contributed by atoms with Gasteiger partial charge in [-0.2, -0.15) is 0 Å². The van der Waals surface area contributed by atoms with Crippen molar-refractivity contribution in [3.8, 4) is 17.1 Å². The highest BCUT2D eigenvalue weighted by molar-refractivity contribution is 5.86. The average molecular weight is 330 g/mol. The summed E-state index contributed by atoms with van der Waals surface area (Å²) in [5.41, 5.74) is -0.127. The Morgan fingerprint density at radius 2 is 1.92 bits per heavy atom. The molecule has 0 saturated carbocycles. The molecule has 0 unspecified atom stereocenters. The number of carboxylic acids is 2. The Labute approximate surface area is 133 Å². The smallest absolute Gasteiger partial charge is 0.371 e. The van der Waals surface area contributed by atoms with Gasteiger partial charge in [-0.3, -0.25) is 4.79 Å². The van der Waals surface area contributed by atoms with Crippen LogP contribution >= 0.6 is 0 Å². The number of carboxylic acid groups (broad SMARTS) is 2. The normalized spacial score (nSPS) is 10.7. The molecule has 2 heterocycles. The zero-order valence-corrected chi connectivity index (χ0v) is 12.0. The van der Waals surface area contributed by atoms with Crippen molar-refractivity contribution in [2.75, 3.05) is 6.61 Å². The minimum Gasteiger partial charge on any atom is -0.482 e. The van der Waals surface area contributed by atoms with Crippen molar-refractivity contribution in [2.24, 2.45) is 0 Å². The van der Waals surface area contributed by atoms with Crippen LogP contribution in [0, 0.1) is 0 Å². The largest absolute Gasteiger partial charge is 0.482 e. The minimum atomic E-state index is -1.24. The number of fused-ring (bicyclic) bond motifs is 1. The summed E-state index contributed by atoms with van der Waals surface area (Å²) in [6.45, 7) is -0.516. The van der Waals surface area contributed by atoms with Crippen molar-refractivity contribution in [3.05, 3.63) is 52.6 Å². The third kappa shape index (κ3) is 2.84. The summed E-state index contributed by atoms with van der Waals surface area (Å²) in [5, 5.41) is 17.7. The molecule has 0 radical (unpaired) electrons. The SMILES string of the molecule is O=C(O)COc1ccc2c(=O)c(-c3ccc(C(=O)O)o3)coc2c1. The first-order valence-corrected chi connectivity index (χ1v) is 6.69. The highest BCUT2D eigenvalue weighted by Crippen LogP contribution is 2.24. The van der Waals surface area contributed by atoms with E-state index in [4.69, 9.17) is 23.8 Å². The number of hydrogen-bond donors (Lipinski definition) is 2. The summed E-state index contributed by atoms with van der Waals surface area (Å²) in [5.74, 6) is -2.34. The van der Waals surface area contributed by atoms with Gasteiger partial charge >= 0.3 is 11.9 Å². The van der Waals surface area contributed by atoms with E-state index >= 15 is 0 Å². The first-order chi connectivity index (χ1) is 11.5. The molecule has 1 aromatic carbocycles. The van der Waals surface area contributed by atoms with Crippen LogP contribution in [0.15, 0.2) is 50.2 Å². The monoisotopic (exact) mass is 330 g/mol. The zero-order valence-electron chi connectivity index (χ0n) is 12.0. The third-order valence-electron chi connectivity index (χ3n) is 3.19. The molecule has 3 aromatic rings. The van der Waals surface area contributed by atoms with E-state index in [1.165, 1.54) is 30.3 Å². The molecule has 0 aliphatic rings. The molecule has 2 aromatic heterocycles. The Hall–Kier alpha value is -3.55. The number of hydrogen-bond acceptors (Lipinski definition) is 6. The molecule has 2 N–H and O–H groups in total. The fourth-order valence-electron chi connectivity index (χ4n) is 2.11. The van der Waals surface area contributed by atoms with Crippen molar-refractivity contribution < 1.29 is 33.4 Å². The van der Waals surface area contributed by atoms with Crippen molar-refractivity contribution in [1.82, 2.24) is 0 Å². The maximum Gasteiger partial charge on any atom is 0.371 e. The second-order valence-electron chi connectivity index (χ2n) is 4.79. The molecule has 0 atom stereocenters. The topological polar surface area (TPSA) is 127 Å². The Bertz CT molecular complexity index is 995. The van der Waals surface area contributed by atoms with E-state index in [-0.39, 0.29) is 33.8 Å². The molecule has 122 valence electrons. The van der Waals surface area contributed by atoms with Gasteiger partial charge in [-0.1, -0.05) is 0 Å². The highest BCUT2D eigenvalue weighted by atomic mass is 16.5. The summed E-state index contributed by atoms with van der Waals surface area (Å²) < 4.78 is 15.5. The van der Waals surface area contributed by atoms with Gasteiger partial charge in [-0.25, -0.2) is 9.59 Å². The molecule has 8 nitrogen and oxygen atoms in total. The average Bonchev–Trinajstić information content (AvgIpc) is 3.03. The number of aromatic carboxylic acids is 1. The van der Waals surface area contributed by atoms with Gasteiger partial charge in [0.15, 0.2) is 6.61 Å². The Morgan fingerprint density at radius 3 is 2.58 bits per heavy atom. The van der Waals surface area contributed by atoms with Crippen LogP contribution in [-0.4, -0.2) is 28.8 Å². The van der Waals surface area contributed by atoms with Gasteiger partial charge in [0.05, 0.1) is 5.39 Å². The molecule has 0 aliphatic carbocycles. The first kappa shape index (κ1) is 15.3. The van der Waals surface area contributed by atoms with Crippen LogP contribution in [0.1, 0.15) is 10.6 Å². The lowest BCUT2D eigenvalue weighted by molar-refractivity contribution is -0.139. The summed E-state index contributed by atoms with van der Waals surface area (Å²) in [6, 6.07) is 6.88. The van der Waals surface area contributed by atoms with E-state index in [9.17, 15) is 14.4 Å².